The lowest BCUT2D eigenvalue weighted by atomic mass is 9.59. The van der Waals surface area contributed by atoms with Crippen molar-refractivity contribution in [2.45, 2.75) is 64.3 Å². The van der Waals surface area contributed by atoms with Crippen LogP contribution in [0.3, 0.4) is 0 Å². The lowest BCUT2D eigenvalue weighted by Crippen LogP contribution is -2.58. The third-order valence-electron chi connectivity index (χ3n) is 9.06. The summed E-state index contributed by atoms with van der Waals surface area (Å²) in [5.74, 6) is 1.58. The van der Waals surface area contributed by atoms with E-state index in [1.807, 2.05) is 19.2 Å². The minimum atomic E-state index is 0.0285. The Morgan fingerprint density at radius 3 is 2.67 bits per heavy atom. The monoisotopic (exact) mass is 484 g/mol. The standard InChI is InChI=1S/C31H40N4O/c1-21(19-34-32-4)25-9-7-23(8-10-25)13-15-33-30(36)27-12-11-26-18-29-22(2)31(3,28(26)17-27)14-16-35(29)20-24-5-6-24/h7-12,17,19,22,24,29,34H,4-6,13-16,18,20H2,1-3H3,(H,33,36)/b21-19+/t22-,29?,31-/m0/s1. The number of carbonyl (C=O) groups is 1. The maximum Gasteiger partial charge on any atom is 0.251 e. The Balaban J connectivity index is 1.21. The first kappa shape index (κ1) is 24.8. The van der Waals surface area contributed by atoms with Gasteiger partial charge in [-0.3, -0.25) is 15.1 Å². The second-order valence-corrected chi connectivity index (χ2v) is 11.4. The van der Waals surface area contributed by atoms with Gasteiger partial charge in [-0.2, -0.15) is 5.10 Å². The molecule has 3 atom stereocenters. The van der Waals surface area contributed by atoms with Gasteiger partial charge in [0, 0.05) is 37.6 Å². The summed E-state index contributed by atoms with van der Waals surface area (Å²) in [5, 5.41) is 6.79. The van der Waals surface area contributed by atoms with Crippen LogP contribution in [0, 0.1) is 11.8 Å². The van der Waals surface area contributed by atoms with E-state index >= 15 is 0 Å². The van der Waals surface area contributed by atoms with Gasteiger partial charge in [-0.05, 0) is 103 Å². The fourth-order valence-corrected chi connectivity index (χ4v) is 6.29. The first-order chi connectivity index (χ1) is 17.4. The molecule has 2 aromatic carbocycles. The van der Waals surface area contributed by atoms with Gasteiger partial charge in [0.05, 0.1) is 0 Å². The molecule has 0 aromatic heterocycles. The minimum Gasteiger partial charge on any atom is -0.352 e. The molecule has 2 fully saturated rings. The Labute approximate surface area is 216 Å². The quantitative estimate of drug-likeness (QED) is 0.382. The molecule has 3 aliphatic rings. The number of nitrogens with one attached hydrogen (secondary N) is 2. The van der Waals surface area contributed by atoms with Gasteiger partial charge in [0.2, 0.25) is 0 Å². The molecule has 2 aromatic rings. The largest absolute Gasteiger partial charge is 0.352 e. The second kappa shape index (κ2) is 10.2. The van der Waals surface area contributed by atoms with Crippen LogP contribution in [0.1, 0.15) is 72.6 Å². The zero-order valence-corrected chi connectivity index (χ0v) is 22.0. The van der Waals surface area contributed by atoms with Gasteiger partial charge in [-0.25, -0.2) is 0 Å². The second-order valence-electron chi connectivity index (χ2n) is 11.4. The number of rotatable bonds is 9. The van der Waals surface area contributed by atoms with Crippen LogP contribution in [0.25, 0.3) is 5.57 Å². The van der Waals surface area contributed by atoms with Crippen molar-refractivity contribution >= 4 is 18.2 Å². The van der Waals surface area contributed by atoms with Crippen molar-refractivity contribution in [1.29, 1.82) is 0 Å². The number of amides is 1. The molecule has 0 radical (unpaired) electrons. The summed E-state index contributed by atoms with van der Waals surface area (Å²) in [4.78, 5) is 15.8. The molecule has 1 saturated carbocycles. The number of carbonyl (C=O) groups excluding carboxylic acids is 1. The van der Waals surface area contributed by atoms with E-state index in [2.05, 4.69) is 77.7 Å². The van der Waals surface area contributed by atoms with Crippen molar-refractivity contribution in [1.82, 2.24) is 15.6 Å². The number of fused-ring (bicyclic) bond motifs is 4. The van der Waals surface area contributed by atoms with E-state index in [0.717, 1.165) is 35.5 Å². The van der Waals surface area contributed by atoms with Crippen LogP contribution in [-0.4, -0.2) is 43.2 Å². The topological polar surface area (TPSA) is 56.7 Å². The number of hydrogen-bond acceptors (Lipinski definition) is 4. The fourth-order valence-electron chi connectivity index (χ4n) is 6.29. The Hall–Kier alpha value is -2.92. The third-order valence-corrected chi connectivity index (χ3v) is 9.06. The average Bonchev–Trinajstić information content (AvgIpc) is 3.71. The van der Waals surface area contributed by atoms with E-state index in [9.17, 15) is 4.79 Å². The molecular formula is C31H40N4O. The van der Waals surface area contributed by atoms with Gasteiger partial charge >= 0.3 is 0 Å². The molecule has 0 spiro atoms. The van der Waals surface area contributed by atoms with Crippen molar-refractivity contribution < 1.29 is 4.79 Å². The molecule has 2 aliphatic carbocycles. The number of likely N-dealkylation sites (tertiary alicyclic amines) is 1. The fraction of sp³-hybridized carbons (Fsp3) is 0.484. The summed E-state index contributed by atoms with van der Waals surface area (Å²) >= 11 is 0. The maximum atomic E-state index is 13.1. The van der Waals surface area contributed by atoms with Crippen molar-refractivity contribution in [2.24, 2.45) is 16.9 Å². The highest BCUT2D eigenvalue weighted by Gasteiger charge is 2.49. The summed E-state index contributed by atoms with van der Waals surface area (Å²) in [5.41, 5.74) is 10.0. The van der Waals surface area contributed by atoms with Crippen molar-refractivity contribution in [3.8, 4) is 0 Å². The summed E-state index contributed by atoms with van der Waals surface area (Å²) in [6.45, 7) is 13.4. The van der Waals surface area contributed by atoms with Gasteiger partial charge in [0.25, 0.3) is 5.91 Å². The normalized spacial score (nSPS) is 25.7. The molecule has 5 heteroatoms. The van der Waals surface area contributed by atoms with Crippen molar-refractivity contribution in [3.63, 3.8) is 0 Å². The van der Waals surface area contributed by atoms with Crippen molar-refractivity contribution in [2.75, 3.05) is 19.6 Å². The molecular weight excluding hydrogens is 444 g/mol. The summed E-state index contributed by atoms with van der Waals surface area (Å²) in [7, 11) is 0. The number of hydrogen-bond donors (Lipinski definition) is 2. The number of allylic oxidation sites excluding steroid dienone is 1. The molecule has 1 saturated heterocycles. The average molecular weight is 485 g/mol. The van der Waals surface area contributed by atoms with E-state index in [-0.39, 0.29) is 11.3 Å². The number of piperidine rings is 1. The first-order valence-corrected chi connectivity index (χ1v) is 13.5. The summed E-state index contributed by atoms with van der Waals surface area (Å²) in [6.07, 6.45) is 7.76. The van der Waals surface area contributed by atoms with E-state index in [1.165, 1.54) is 49.0 Å². The van der Waals surface area contributed by atoms with E-state index < -0.39 is 0 Å². The molecule has 2 bridgehead atoms. The van der Waals surface area contributed by atoms with Gasteiger partial charge in [-0.1, -0.05) is 44.2 Å². The highest BCUT2D eigenvalue weighted by Crippen LogP contribution is 2.49. The highest BCUT2D eigenvalue weighted by molar-refractivity contribution is 5.94. The van der Waals surface area contributed by atoms with Crippen LogP contribution < -0.4 is 10.7 Å². The van der Waals surface area contributed by atoms with E-state index in [4.69, 9.17) is 0 Å². The zero-order valence-electron chi connectivity index (χ0n) is 22.0. The van der Waals surface area contributed by atoms with Gasteiger partial charge in [0.15, 0.2) is 0 Å². The molecule has 2 N–H and O–H groups in total. The van der Waals surface area contributed by atoms with Gasteiger partial charge in [0.1, 0.15) is 0 Å². The highest BCUT2D eigenvalue weighted by atomic mass is 16.1. The molecule has 190 valence electrons. The molecule has 1 amide bonds. The predicted octanol–water partition coefficient (Wildman–Crippen LogP) is 5.16. The molecule has 1 aliphatic heterocycles. The van der Waals surface area contributed by atoms with E-state index in [1.54, 1.807) is 0 Å². The SMILES string of the molecule is C=NN/C=C(\C)c1ccc(CCNC(=O)c2ccc3c(c2)[C@@]2(C)CCN(CC4CC4)C(C3)[C@@H]2C)cc1. The van der Waals surface area contributed by atoms with Crippen LogP contribution in [0.15, 0.2) is 53.8 Å². The molecule has 5 nitrogen and oxygen atoms in total. The zero-order chi connectivity index (χ0) is 25.3. The van der Waals surface area contributed by atoms with Crippen molar-refractivity contribution in [3.05, 3.63) is 76.5 Å². The number of hydrazone groups is 1. The first-order valence-electron chi connectivity index (χ1n) is 13.5. The molecule has 1 heterocycles. The van der Waals surface area contributed by atoms with Crippen LogP contribution in [0.5, 0.6) is 0 Å². The lowest BCUT2D eigenvalue weighted by Gasteiger charge is -2.55. The van der Waals surface area contributed by atoms with Crippen LogP contribution in [0.4, 0.5) is 0 Å². The molecule has 5 rings (SSSR count). The number of nitrogens with zero attached hydrogens (tertiary/aromatic N) is 2. The Kier molecular flexibility index (Phi) is 7.03. The maximum absolute atomic E-state index is 13.1. The summed E-state index contributed by atoms with van der Waals surface area (Å²) in [6, 6.07) is 15.5. The smallest absolute Gasteiger partial charge is 0.251 e. The van der Waals surface area contributed by atoms with E-state index in [0.29, 0.717) is 18.5 Å². The van der Waals surface area contributed by atoms with Crippen LogP contribution in [-0.2, 0) is 18.3 Å². The molecule has 1 unspecified atom stereocenters. The van der Waals surface area contributed by atoms with Gasteiger partial charge in [-0.15, -0.1) is 0 Å². The lowest BCUT2D eigenvalue weighted by molar-refractivity contribution is 0.0284. The van der Waals surface area contributed by atoms with Gasteiger partial charge < -0.3 is 5.32 Å². The Morgan fingerprint density at radius 2 is 1.94 bits per heavy atom. The third kappa shape index (κ3) is 4.99. The molecule has 36 heavy (non-hydrogen) atoms. The van der Waals surface area contributed by atoms with Crippen LogP contribution >= 0.6 is 0 Å². The Bertz CT molecular complexity index is 1150. The minimum absolute atomic E-state index is 0.0285. The Morgan fingerprint density at radius 1 is 1.19 bits per heavy atom. The summed E-state index contributed by atoms with van der Waals surface area (Å²) < 4.78 is 0. The number of benzene rings is 2. The van der Waals surface area contributed by atoms with Crippen LogP contribution in [0.2, 0.25) is 0 Å². The predicted molar refractivity (Wildman–Crippen MR) is 148 cm³/mol.